The number of rotatable bonds is 6. The zero-order valence-electron chi connectivity index (χ0n) is 16.3. The molecular weight excluding hydrogens is 370 g/mol. The molecule has 0 radical (unpaired) electrons. The number of hydrogen-bond donors (Lipinski definition) is 4. The van der Waals surface area contributed by atoms with E-state index in [1.807, 2.05) is 18.2 Å². The Kier molecular flexibility index (Phi) is 5.26. The van der Waals surface area contributed by atoms with Crippen LogP contribution in [0.1, 0.15) is 43.1 Å². The van der Waals surface area contributed by atoms with E-state index in [0.29, 0.717) is 5.95 Å². The summed E-state index contributed by atoms with van der Waals surface area (Å²) in [5, 5.41) is 14.4. The number of primary amides is 1. The van der Waals surface area contributed by atoms with E-state index in [0.717, 1.165) is 48.9 Å². The molecule has 1 aliphatic rings. The van der Waals surface area contributed by atoms with Crippen LogP contribution in [0.5, 0.6) is 0 Å². The van der Waals surface area contributed by atoms with Crippen LogP contribution in [0.15, 0.2) is 24.5 Å². The molecule has 10 nitrogen and oxygen atoms in total. The van der Waals surface area contributed by atoms with Gasteiger partial charge in [0, 0.05) is 24.3 Å². The Morgan fingerprint density at radius 3 is 2.86 bits per heavy atom. The first-order valence-corrected chi connectivity index (χ1v) is 9.83. The molecule has 2 atom stereocenters. The lowest BCUT2D eigenvalue weighted by atomic mass is 9.91. The summed E-state index contributed by atoms with van der Waals surface area (Å²) in [5.74, 6) is -0.144. The predicted octanol–water partition coefficient (Wildman–Crippen LogP) is 1.77. The molecule has 0 aliphatic heterocycles. The third-order valence-corrected chi connectivity index (χ3v) is 5.28. The summed E-state index contributed by atoms with van der Waals surface area (Å²) in [4.78, 5) is 20.7. The van der Waals surface area contributed by atoms with Crippen LogP contribution >= 0.6 is 0 Å². The first kappa shape index (κ1) is 19.1. The van der Waals surface area contributed by atoms with Crippen LogP contribution in [0.25, 0.3) is 11.0 Å². The molecule has 0 unspecified atom stereocenters. The molecule has 0 spiro atoms. The Balaban J connectivity index is 1.61. The molecule has 6 N–H and O–H groups in total. The lowest BCUT2D eigenvalue weighted by Crippen LogP contribution is -2.43. The summed E-state index contributed by atoms with van der Waals surface area (Å²) in [7, 11) is 0. The molecule has 1 aliphatic carbocycles. The molecule has 1 amide bonds. The van der Waals surface area contributed by atoms with Gasteiger partial charge in [0.15, 0.2) is 11.5 Å². The van der Waals surface area contributed by atoms with Crippen molar-refractivity contribution in [2.75, 3.05) is 10.6 Å². The lowest BCUT2D eigenvalue weighted by Gasteiger charge is -2.29. The van der Waals surface area contributed by atoms with Crippen LogP contribution < -0.4 is 22.1 Å². The van der Waals surface area contributed by atoms with Gasteiger partial charge in [0.25, 0.3) is 5.91 Å². The van der Waals surface area contributed by atoms with Crippen molar-refractivity contribution < 1.29 is 4.79 Å². The van der Waals surface area contributed by atoms with Crippen molar-refractivity contribution in [3.05, 3.63) is 30.2 Å². The number of carbonyl (C=O) groups is 1. The maximum absolute atomic E-state index is 11.8. The van der Waals surface area contributed by atoms with Crippen LogP contribution in [-0.4, -0.2) is 42.7 Å². The number of nitrogens with zero attached hydrogens (tertiary/aromatic N) is 5. The molecule has 29 heavy (non-hydrogen) atoms. The summed E-state index contributed by atoms with van der Waals surface area (Å²) >= 11 is 0. The molecule has 2 aromatic heterocycles. The molecule has 152 valence electrons. The van der Waals surface area contributed by atoms with Gasteiger partial charge in [-0.15, -0.1) is 10.2 Å². The Labute approximate surface area is 168 Å². The van der Waals surface area contributed by atoms with Gasteiger partial charge in [0.05, 0.1) is 17.4 Å². The van der Waals surface area contributed by atoms with Crippen molar-refractivity contribution in [3.8, 4) is 0 Å². The van der Waals surface area contributed by atoms with Gasteiger partial charge in [-0.1, -0.05) is 12.8 Å². The average molecular weight is 395 g/mol. The van der Waals surface area contributed by atoms with Gasteiger partial charge < -0.3 is 26.7 Å². The second-order valence-electron chi connectivity index (χ2n) is 7.26. The van der Waals surface area contributed by atoms with Crippen LogP contribution in [0.3, 0.4) is 0 Å². The topological polar surface area (TPSA) is 150 Å². The largest absolute Gasteiger partial charge is 0.364 e. The number of fused-ring (bicyclic) bond motifs is 1. The smallest absolute Gasteiger partial charge is 0.273 e. The molecular formula is C19H25N9O. The molecule has 3 aromatic rings. The van der Waals surface area contributed by atoms with Crippen molar-refractivity contribution in [1.29, 1.82) is 0 Å². The second-order valence-corrected chi connectivity index (χ2v) is 7.26. The van der Waals surface area contributed by atoms with Crippen molar-refractivity contribution in [1.82, 2.24) is 24.7 Å². The van der Waals surface area contributed by atoms with Gasteiger partial charge in [0.1, 0.15) is 0 Å². The quantitative estimate of drug-likeness (QED) is 0.493. The van der Waals surface area contributed by atoms with Crippen molar-refractivity contribution in [3.63, 3.8) is 0 Å². The predicted molar refractivity (Wildman–Crippen MR) is 111 cm³/mol. The molecule has 4 rings (SSSR count). The highest BCUT2D eigenvalue weighted by Gasteiger charge is 2.23. The fraction of sp³-hybridized carbons (Fsp3) is 0.421. The highest BCUT2D eigenvalue weighted by Crippen LogP contribution is 2.24. The van der Waals surface area contributed by atoms with Crippen LogP contribution in [0.2, 0.25) is 0 Å². The maximum atomic E-state index is 11.8. The number of amides is 1. The standard InChI is InChI=1S/C19H25N9O/c1-2-28-10-22-14-9-11(7-8-15(14)28)23-18-16(17(21)29)26-27-19(25-18)24-13-6-4-3-5-12(13)20/h7-10,12-13H,2-6,20H2,1H3,(H2,21,29)(H2,23,24,25,27)/t12-,13+/m0/s1. The summed E-state index contributed by atoms with van der Waals surface area (Å²) in [5.41, 5.74) is 14.2. The van der Waals surface area contributed by atoms with E-state index in [9.17, 15) is 4.79 Å². The molecule has 10 heteroatoms. The van der Waals surface area contributed by atoms with Gasteiger partial charge in [-0.3, -0.25) is 4.79 Å². The Hall–Kier alpha value is -3.27. The number of nitrogens with one attached hydrogen (secondary N) is 2. The Bertz CT molecular complexity index is 1030. The van der Waals surface area contributed by atoms with Gasteiger partial charge in [-0.05, 0) is 38.0 Å². The van der Waals surface area contributed by atoms with Crippen LogP contribution in [0.4, 0.5) is 17.5 Å². The summed E-state index contributed by atoms with van der Waals surface area (Å²) in [6.07, 6.45) is 5.93. The van der Waals surface area contributed by atoms with Crippen LogP contribution in [-0.2, 0) is 6.54 Å². The average Bonchev–Trinajstić information content (AvgIpc) is 3.12. The number of carbonyl (C=O) groups excluding carboxylic acids is 1. The van der Waals surface area contributed by atoms with Crippen LogP contribution in [0, 0.1) is 0 Å². The van der Waals surface area contributed by atoms with Crippen molar-refractivity contribution in [2.45, 2.75) is 51.2 Å². The molecule has 2 heterocycles. The van der Waals surface area contributed by atoms with E-state index in [4.69, 9.17) is 11.5 Å². The van der Waals surface area contributed by atoms with Gasteiger partial charge in [-0.25, -0.2) is 4.98 Å². The van der Waals surface area contributed by atoms with E-state index < -0.39 is 5.91 Å². The first-order chi connectivity index (χ1) is 14.0. The summed E-state index contributed by atoms with van der Waals surface area (Å²) < 4.78 is 2.05. The highest BCUT2D eigenvalue weighted by molar-refractivity contribution is 5.96. The number of hydrogen-bond acceptors (Lipinski definition) is 8. The molecule has 0 saturated heterocycles. The number of anilines is 3. The van der Waals surface area contributed by atoms with Gasteiger partial charge >= 0.3 is 0 Å². The van der Waals surface area contributed by atoms with E-state index in [2.05, 4.69) is 42.3 Å². The van der Waals surface area contributed by atoms with Crippen molar-refractivity contribution in [2.24, 2.45) is 11.5 Å². The summed E-state index contributed by atoms with van der Waals surface area (Å²) in [6.45, 7) is 2.90. The molecule has 0 bridgehead atoms. The molecule has 1 saturated carbocycles. The minimum Gasteiger partial charge on any atom is -0.364 e. The minimum absolute atomic E-state index is 0.0253. The summed E-state index contributed by atoms with van der Waals surface area (Å²) in [6, 6.07) is 5.86. The van der Waals surface area contributed by atoms with Gasteiger partial charge in [0.2, 0.25) is 5.95 Å². The van der Waals surface area contributed by atoms with E-state index >= 15 is 0 Å². The Morgan fingerprint density at radius 2 is 2.10 bits per heavy atom. The van der Waals surface area contributed by atoms with Gasteiger partial charge in [-0.2, -0.15) is 4.98 Å². The Morgan fingerprint density at radius 1 is 1.28 bits per heavy atom. The highest BCUT2D eigenvalue weighted by atomic mass is 16.1. The number of aryl methyl sites for hydroxylation is 1. The molecule has 1 fully saturated rings. The zero-order valence-corrected chi connectivity index (χ0v) is 16.3. The number of imidazole rings is 1. The SMILES string of the molecule is CCn1cnc2cc(Nc3nc(N[C@@H]4CCCC[C@@H]4N)nnc3C(N)=O)ccc21. The second kappa shape index (κ2) is 8.00. The van der Waals surface area contributed by atoms with E-state index in [1.54, 1.807) is 6.33 Å². The third kappa shape index (κ3) is 3.97. The third-order valence-electron chi connectivity index (χ3n) is 5.28. The number of benzene rings is 1. The number of aromatic nitrogens is 5. The minimum atomic E-state index is -0.704. The number of nitrogens with two attached hydrogens (primary N) is 2. The zero-order chi connectivity index (χ0) is 20.4. The lowest BCUT2D eigenvalue weighted by molar-refractivity contribution is 0.0995. The fourth-order valence-corrected chi connectivity index (χ4v) is 3.68. The van der Waals surface area contributed by atoms with Crippen molar-refractivity contribution >= 4 is 34.4 Å². The normalized spacial score (nSPS) is 19.2. The van der Waals surface area contributed by atoms with E-state index in [-0.39, 0.29) is 23.6 Å². The molecule has 1 aromatic carbocycles. The van der Waals surface area contributed by atoms with E-state index in [1.165, 1.54) is 0 Å². The monoisotopic (exact) mass is 395 g/mol. The maximum Gasteiger partial charge on any atom is 0.273 e. The first-order valence-electron chi connectivity index (χ1n) is 9.83. The fourth-order valence-electron chi connectivity index (χ4n) is 3.68.